The second-order valence-corrected chi connectivity index (χ2v) is 10.2. The molecule has 0 spiro atoms. The number of nitrogens with one attached hydrogen (secondary N) is 1. The van der Waals surface area contributed by atoms with E-state index in [1.165, 1.54) is 6.26 Å². The lowest BCUT2D eigenvalue weighted by Gasteiger charge is -2.36. The van der Waals surface area contributed by atoms with Crippen molar-refractivity contribution in [2.24, 2.45) is 0 Å². The summed E-state index contributed by atoms with van der Waals surface area (Å²) in [5, 5.41) is 3.75. The van der Waals surface area contributed by atoms with E-state index in [1.807, 2.05) is 44.1 Å². The summed E-state index contributed by atoms with van der Waals surface area (Å²) in [6, 6.07) is 13.6. The van der Waals surface area contributed by atoms with Crippen LogP contribution in [0.1, 0.15) is 55.2 Å². The predicted octanol–water partition coefficient (Wildman–Crippen LogP) is 5.09. The highest BCUT2D eigenvalue weighted by molar-refractivity contribution is 6.04. The third-order valence-electron chi connectivity index (χ3n) is 7.47. The molecule has 7 nitrogen and oxygen atoms in total. The van der Waals surface area contributed by atoms with E-state index in [-0.39, 0.29) is 41.3 Å². The van der Waals surface area contributed by atoms with E-state index in [1.54, 1.807) is 26.0 Å². The lowest BCUT2D eigenvalue weighted by molar-refractivity contribution is -0.138. The molecule has 2 atom stereocenters. The number of fused-ring (bicyclic) bond motifs is 1. The van der Waals surface area contributed by atoms with Gasteiger partial charge < -0.3 is 19.4 Å². The summed E-state index contributed by atoms with van der Waals surface area (Å²) in [6.45, 7) is 5.60. The van der Waals surface area contributed by atoms with E-state index < -0.39 is 11.9 Å². The van der Waals surface area contributed by atoms with Crippen LogP contribution in [0.3, 0.4) is 0 Å². The van der Waals surface area contributed by atoms with Crippen LogP contribution in [0.5, 0.6) is 0 Å². The second kappa shape index (κ2) is 9.97. The highest BCUT2D eigenvalue weighted by Crippen LogP contribution is 2.45. The number of allylic oxidation sites excluding steroid dienone is 3. The van der Waals surface area contributed by atoms with E-state index in [0.717, 1.165) is 22.5 Å². The summed E-state index contributed by atoms with van der Waals surface area (Å²) >= 11 is 0. The number of carbonyl (C=O) groups excluding carboxylic acids is 2. The zero-order chi connectivity index (χ0) is 27.1. The third kappa shape index (κ3) is 4.42. The fourth-order valence-corrected chi connectivity index (χ4v) is 5.57. The molecule has 7 heteroatoms. The molecular formula is C31H32N2O5. The first-order chi connectivity index (χ1) is 18.2. The number of nitrogens with zero attached hydrogens (tertiary/aromatic N) is 1. The first kappa shape index (κ1) is 25.5. The molecule has 0 bridgehead atoms. The van der Waals surface area contributed by atoms with E-state index in [0.29, 0.717) is 28.7 Å². The van der Waals surface area contributed by atoms with Crippen molar-refractivity contribution in [3.05, 3.63) is 98.2 Å². The maximum Gasteiger partial charge on any atom is 0.336 e. The van der Waals surface area contributed by atoms with E-state index in [9.17, 15) is 14.4 Å². The molecule has 0 saturated carbocycles. The van der Waals surface area contributed by atoms with E-state index in [2.05, 4.69) is 17.4 Å². The monoisotopic (exact) mass is 512 g/mol. The van der Waals surface area contributed by atoms with Crippen LogP contribution in [0.4, 0.5) is 5.69 Å². The average molecular weight is 513 g/mol. The minimum absolute atomic E-state index is 0.0155. The standard InChI is InChI=1S/C31H32N2O5/c1-6-37-31(36)27-18(3)32-24-14-20(19-8-10-21(11-9-19)33(4)5)15-25(34)29(24)28(27)23-16-38-26-12-7-17(2)13-22(26)30(23)35/h7-13,16,20,28,32H,6,14-15H2,1-5H3. The molecule has 0 saturated heterocycles. The normalized spacial score (nSPS) is 19.3. The number of ether oxygens (including phenoxy) is 1. The fourth-order valence-electron chi connectivity index (χ4n) is 5.57. The molecule has 3 aromatic rings. The van der Waals surface area contributed by atoms with Gasteiger partial charge in [-0.25, -0.2) is 4.79 Å². The van der Waals surface area contributed by atoms with Gasteiger partial charge in [0, 0.05) is 48.7 Å². The largest absolute Gasteiger partial charge is 0.464 e. The first-order valence-corrected chi connectivity index (χ1v) is 12.9. The van der Waals surface area contributed by atoms with Crippen molar-refractivity contribution in [2.75, 3.05) is 25.6 Å². The Kier molecular flexibility index (Phi) is 6.69. The zero-order valence-electron chi connectivity index (χ0n) is 22.4. The molecule has 2 aromatic carbocycles. The molecule has 1 aliphatic carbocycles. The van der Waals surface area contributed by atoms with Gasteiger partial charge >= 0.3 is 5.97 Å². The summed E-state index contributed by atoms with van der Waals surface area (Å²) in [4.78, 5) is 42.8. The molecular weight excluding hydrogens is 480 g/mol. The van der Waals surface area contributed by atoms with Crippen LogP contribution in [0, 0.1) is 6.92 Å². The molecule has 0 amide bonds. The molecule has 2 heterocycles. The van der Waals surface area contributed by atoms with Crippen molar-refractivity contribution in [3.8, 4) is 0 Å². The molecule has 0 radical (unpaired) electrons. The van der Waals surface area contributed by atoms with Crippen LogP contribution in [-0.2, 0) is 14.3 Å². The number of ketones is 1. The fraction of sp³-hybridized carbons (Fsp3) is 0.323. The quantitative estimate of drug-likeness (QED) is 0.476. The van der Waals surface area contributed by atoms with Crippen LogP contribution in [-0.4, -0.2) is 32.5 Å². The Morgan fingerprint density at radius 2 is 1.82 bits per heavy atom. The maximum atomic E-state index is 13.8. The van der Waals surface area contributed by atoms with Gasteiger partial charge in [-0.1, -0.05) is 23.8 Å². The molecule has 196 valence electrons. The first-order valence-electron chi connectivity index (χ1n) is 12.9. The minimum Gasteiger partial charge on any atom is -0.464 e. The third-order valence-corrected chi connectivity index (χ3v) is 7.47. The van der Waals surface area contributed by atoms with Gasteiger partial charge in [0.15, 0.2) is 11.2 Å². The van der Waals surface area contributed by atoms with Crippen LogP contribution >= 0.6 is 0 Å². The van der Waals surface area contributed by atoms with Crippen LogP contribution in [0.2, 0.25) is 0 Å². The minimum atomic E-state index is -0.865. The summed E-state index contributed by atoms with van der Waals surface area (Å²) in [7, 11) is 3.98. The lowest BCUT2D eigenvalue weighted by atomic mass is 9.72. The van der Waals surface area contributed by atoms with Crippen molar-refractivity contribution < 1.29 is 18.7 Å². The Bertz CT molecular complexity index is 1560. The number of dihydropyridines is 1. The van der Waals surface area contributed by atoms with Gasteiger partial charge in [0.25, 0.3) is 0 Å². The van der Waals surface area contributed by atoms with E-state index >= 15 is 0 Å². The van der Waals surface area contributed by atoms with Crippen molar-refractivity contribution in [1.29, 1.82) is 0 Å². The van der Waals surface area contributed by atoms with Gasteiger partial charge in [0.05, 0.1) is 29.7 Å². The highest BCUT2D eigenvalue weighted by Gasteiger charge is 2.42. The number of aryl methyl sites for hydroxylation is 1. The molecule has 2 unspecified atom stereocenters. The molecule has 1 N–H and O–H groups in total. The molecule has 38 heavy (non-hydrogen) atoms. The van der Waals surface area contributed by atoms with Gasteiger partial charge in [0.1, 0.15) is 5.58 Å². The highest BCUT2D eigenvalue weighted by atomic mass is 16.5. The number of hydrogen-bond acceptors (Lipinski definition) is 7. The predicted molar refractivity (Wildman–Crippen MR) is 147 cm³/mol. The zero-order valence-corrected chi connectivity index (χ0v) is 22.4. The number of rotatable bonds is 5. The van der Waals surface area contributed by atoms with Crippen molar-refractivity contribution in [1.82, 2.24) is 5.32 Å². The van der Waals surface area contributed by atoms with Gasteiger partial charge in [-0.15, -0.1) is 0 Å². The van der Waals surface area contributed by atoms with Crippen molar-refractivity contribution >= 4 is 28.4 Å². The topological polar surface area (TPSA) is 88.8 Å². The molecule has 0 fully saturated rings. The van der Waals surface area contributed by atoms with Gasteiger partial charge in [0.2, 0.25) is 0 Å². The Hall–Kier alpha value is -4.13. The molecule has 1 aliphatic heterocycles. The summed E-state index contributed by atoms with van der Waals surface area (Å²) in [5.41, 5.74) is 5.58. The van der Waals surface area contributed by atoms with Gasteiger partial charge in [-0.3, -0.25) is 9.59 Å². The Morgan fingerprint density at radius 3 is 2.50 bits per heavy atom. The van der Waals surface area contributed by atoms with Crippen molar-refractivity contribution in [3.63, 3.8) is 0 Å². The average Bonchev–Trinajstić information content (AvgIpc) is 2.88. The Balaban J connectivity index is 1.63. The summed E-state index contributed by atoms with van der Waals surface area (Å²) in [5.74, 6) is -1.52. The number of benzene rings is 2. The second-order valence-electron chi connectivity index (χ2n) is 10.2. The van der Waals surface area contributed by atoms with Crippen LogP contribution in [0.15, 0.2) is 80.5 Å². The van der Waals surface area contributed by atoms with E-state index in [4.69, 9.17) is 9.15 Å². The van der Waals surface area contributed by atoms with Crippen LogP contribution in [0.25, 0.3) is 11.0 Å². The lowest BCUT2D eigenvalue weighted by Crippen LogP contribution is -2.37. The molecule has 2 aliphatic rings. The number of Topliss-reactive ketones (excluding diaryl/α,β-unsaturated/α-hetero) is 1. The summed E-state index contributed by atoms with van der Waals surface area (Å²) < 4.78 is 11.2. The Morgan fingerprint density at radius 1 is 1.08 bits per heavy atom. The van der Waals surface area contributed by atoms with Crippen LogP contribution < -0.4 is 15.6 Å². The number of hydrogen-bond donors (Lipinski definition) is 1. The van der Waals surface area contributed by atoms with Gasteiger partial charge in [-0.2, -0.15) is 0 Å². The van der Waals surface area contributed by atoms with Gasteiger partial charge in [-0.05, 0) is 62.9 Å². The number of esters is 1. The number of anilines is 1. The smallest absolute Gasteiger partial charge is 0.336 e. The summed E-state index contributed by atoms with van der Waals surface area (Å²) in [6.07, 6.45) is 2.27. The number of carbonyl (C=O) groups is 2. The van der Waals surface area contributed by atoms with Crippen molar-refractivity contribution in [2.45, 2.75) is 45.4 Å². The Labute approximate surface area is 221 Å². The maximum absolute atomic E-state index is 13.8. The molecule has 1 aromatic heterocycles. The SMILES string of the molecule is CCOC(=O)C1=C(C)NC2=C(C(=O)CC(c3ccc(N(C)C)cc3)C2)C1c1coc2ccc(C)cc2c1=O. The molecule has 5 rings (SSSR count).